The summed E-state index contributed by atoms with van der Waals surface area (Å²) in [5, 5.41) is 3.41. The summed E-state index contributed by atoms with van der Waals surface area (Å²) in [6.07, 6.45) is 6.45. The molecule has 0 N–H and O–H groups in total. The topological polar surface area (TPSA) is 77.8 Å². The lowest BCUT2D eigenvalue weighted by Crippen LogP contribution is -2.20. The lowest BCUT2D eigenvalue weighted by molar-refractivity contribution is 0.897. The molecule has 2 heterocycles. The molecule has 6 heteroatoms. The van der Waals surface area contributed by atoms with E-state index in [-0.39, 0.29) is 0 Å². The predicted octanol–water partition coefficient (Wildman–Crippen LogP) is 2.13. The van der Waals surface area contributed by atoms with E-state index >= 15 is 0 Å². The van der Waals surface area contributed by atoms with Crippen molar-refractivity contribution in [2.45, 2.75) is 19.3 Å². The molecule has 18 heavy (non-hydrogen) atoms. The number of aromatic nitrogens is 2. The van der Waals surface area contributed by atoms with Crippen molar-refractivity contribution in [3.05, 3.63) is 28.4 Å². The highest BCUT2D eigenvalue weighted by molar-refractivity contribution is 5.36. The minimum absolute atomic E-state index is 0.399. The number of hydrogen-bond donors (Lipinski definition) is 0. The van der Waals surface area contributed by atoms with Gasteiger partial charge in [0, 0.05) is 43.4 Å². The molecule has 0 radical (unpaired) electrons. The normalized spacial score (nSPS) is 13.7. The van der Waals surface area contributed by atoms with Crippen LogP contribution in [0.3, 0.4) is 0 Å². The lowest BCUT2D eigenvalue weighted by Gasteiger charge is -2.13. The Morgan fingerprint density at radius 3 is 2.72 bits per heavy atom. The maximum atomic E-state index is 8.10. The monoisotopic (exact) mass is 242 g/mol. The zero-order chi connectivity index (χ0) is 12.6. The predicted molar refractivity (Wildman–Crippen MR) is 69.0 cm³/mol. The van der Waals surface area contributed by atoms with Crippen LogP contribution in [0.15, 0.2) is 17.5 Å². The summed E-state index contributed by atoms with van der Waals surface area (Å²) in [6, 6.07) is 0. The summed E-state index contributed by atoms with van der Waals surface area (Å²) >= 11 is 0. The van der Waals surface area contributed by atoms with E-state index < -0.39 is 0 Å². The van der Waals surface area contributed by atoms with Gasteiger partial charge in [-0.1, -0.05) is 17.0 Å². The highest BCUT2D eigenvalue weighted by Crippen LogP contribution is 2.14. The molecule has 0 saturated carbocycles. The van der Waals surface area contributed by atoms with Gasteiger partial charge in [-0.05, 0) is 18.4 Å². The van der Waals surface area contributed by atoms with Crippen LogP contribution in [0.4, 0.5) is 5.95 Å². The Balaban J connectivity index is 1.92. The maximum absolute atomic E-state index is 8.10. The number of hydrogen-bond acceptors (Lipinski definition) is 4. The fraction of sp³-hybridized carbons (Fsp3) is 0.500. The van der Waals surface area contributed by atoms with Crippen molar-refractivity contribution >= 4 is 5.95 Å². The second kappa shape index (κ2) is 6.48. The highest BCUT2D eigenvalue weighted by atomic mass is 15.3. The van der Waals surface area contributed by atoms with E-state index in [1.54, 1.807) is 12.4 Å². The van der Waals surface area contributed by atoms with Crippen LogP contribution in [0.5, 0.6) is 0 Å². The van der Waals surface area contributed by atoms with Gasteiger partial charge in [-0.25, -0.2) is 9.97 Å². The van der Waals surface area contributed by atoms with Crippen LogP contribution in [0, 0.1) is 11.8 Å². The third-order valence-corrected chi connectivity index (χ3v) is 2.66. The van der Waals surface area contributed by atoms with Crippen LogP contribution in [0.2, 0.25) is 0 Å². The zero-order valence-corrected chi connectivity index (χ0v) is 10.1. The van der Waals surface area contributed by atoms with E-state index in [1.807, 2.05) is 0 Å². The van der Waals surface area contributed by atoms with Crippen molar-refractivity contribution in [1.29, 1.82) is 0 Å². The molecule has 1 aliphatic rings. The number of anilines is 1. The summed E-state index contributed by atoms with van der Waals surface area (Å²) < 4.78 is 0. The van der Waals surface area contributed by atoms with Gasteiger partial charge in [0.1, 0.15) is 0 Å². The molecule has 2 rings (SSSR count). The maximum Gasteiger partial charge on any atom is 0.225 e. The molecule has 1 aliphatic heterocycles. The third kappa shape index (κ3) is 3.37. The average molecular weight is 242 g/mol. The molecule has 0 aromatic carbocycles. The van der Waals surface area contributed by atoms with Gasteiger partial charge in [0.15, 0.2) is 0 Å². The van der Waals surface area contributed by atoms with Gasteiger partial charge in [0.2, 0.25) is 5.95 Å². The van der Waals surface area contributed by atoms with Crippen molar-refractivity contribution in [2.24, 2.45) is 5.11 Å². The molecular weight excluding hydrogens is 228 g/mol. The molecule has 1 saturated heterocycles. The fourth-order valence-corrected chi connectivity index (χ4v) is 1.78. The van der Waals surface area contributed by atoms with Gasteiger partial charge in [-0.15, -0.1) is 0 Å². The summed E-state index contributed by atoms with van der Waals surface area (Å²) in [6.45, 7) is 2.48. The van der Waals surface area contributed by atoms with Crippen LogP contribution < -0.4 is 4.90 Å². The second-order valence-corrected chi connectivity index (χ2v) is 3.97. The van der Waals surface area contributed by atoms with Crippen molar-refractivity contribution in [1.82, 2.24) is 9.97 Å². The molecule has 92 valence electrons. The average Bonchev–Trinajstić information content (AvgIpc) is 2.93. The number of rotatable bonds is 3. The summed E-state index contributed by atoms with van der Waals surface area (Å²) in [5.74, 6) is 6.65. The highest BCUT2D eigenvalue weighted by Gasteiger charge is 2.13. The Morgan fingerprint density at radius 2 is 2.06 bits per heavy atom. The third-order valence-electron chi connectivity index (χ3n) is 2.66. The Morgan fingerprint density at radius 1 is 1.33 bits per heavy atom. The minimum atomic E-state index is 0.399. The molecule has 0 bridgehead atoms. The van der Waals surface area contributed by atoms with Crippen LogP contribution in [0.25, 0.3) is 10.4 Å². The quantitative estimate of drug-likeness (QED) is 0.268. The molecule has 1 aromatic heterocycles. The second-order valence-electron chi connectivity index (χ2n) is 3.97. The van der Waals surface area contributed by atoms with E-state index in [0.717, 1.165) is 24.6 Å². The van der Waals surface area contributed by atoms with Gasteiger partial charge in [0.25, 0.3) is 0 Å². The first-order chi connectivity index (χ1) is 8.90. The SMILES string of the molecule is [N-]=[N+]=NCCC#Cc1cnc(N2CCCC2)nc1. The summed E-state index contributed by atoms with van der Waals surface area (Å²) in [4.78, 5) is 13.5. The van der Waals surface area contributed by atoms with Crippen LogP contribution in [-0.2, 0) is 0 Å². The van der Waals surface area contributed by atoms with E-state index in [2.05, 4.69) is 36.7 Å². The molecule has 6 nitrogen and oxygen atoms in total. The Labute approximate surface area is 106 Å². The first kappa shape index (κ1) is 12.2. The van der Waals surface area contributed by atoms with Gasteiger partial charge in [-0.2, -0.15) is 0 Å². The molecule has 1 fully saturated rings. The standard InChI is InChI=1S/C12H14N6/c13-17-16-6-2-1-5-11-9-14-12(15-10-11)18-7-3-4-8-18/h9-10H,2-4,6-8H2. The van der Waals surface area contributed by atoms with E-state index in [4.69, 9.17) is 5.53 Å². The van der Waals surface area contributed by atoms with Gasteiger partial charge in [0.05, 0.1) is 5.56 Å². The molecule has 1 aromatic rings. The van der Waals surface area contributed by atoms with Crippen molar-refractivity contribution < 1.29 is 0 Å². The first-order valence-corrected chi connectivity index (χ1v) is 5.97. The Kier molecular flexibility index (Phi) is 4.39. The van der Waals surface area contributed by atoms with Gasteiger partial charge < -0.3 is 4.90 Å². The smallest absolute Gasteiger partial charge is 0.225 e. The Hall–Kier alpha value is -2.25. The lowest BCUT2D eigenvalue weighted by atomic mass is 10.3. The Bertz CT molecular complexity index is 486. The minimum Gasteiger partial charge on any atom is -0.341 e. The van der Waals surface area contributed by atoms with Crippen LogP contribution in [-0.4, -0.2) is 29.6 Å². The van der Waals surface area contributed by atoms with E-state index in [9.17, 15) is 0 Å². The molecule has 0 spiro atoms. The van der Waals surface area contributed by atoms with Crippen molar-refractivity contribution in [2.75, 3.05) is 24.5 Å². The fourth-order valence-electron chi connectivity index (χ4n) is 1.78. The van der Waals surface area contributed by atoms with Crippen LogP contribution in [0.1, 0.15) is 24.8 Å². The number of nitrogens with zero attached hydrogens (tertiary/aromatic N) is 6. The largest absolute Gasteiger partial charge is 0.341 e. The van der Waals surface area contributed by atoms with Crippen molar-refractivity contribution in [3.8, 4) is 11.8 Å². The van der Waals surface area contributed by atoms with Gasteiger partial charge >= 0.3 is 0 Å². The van der Waals surface area contributed by atoms with Crippen molar-refractivity contribution in [3.63, 3.8) is 0 Å². The summed E-state index contributed by atoms with van der Waals surface area (Å²) in [7, 11) is 0. The first-order valence-electron chi connectivity index (χ1n) is 5.97. The number of azide groups is 1. The molecular formula is C12H14N6. The summed E-state index contributed by atoms with van der Waals surface area (Å²) in [5.41, 5.74) is 8.89. The van der Waals surface area contributed by atoms with Gasteiger partial charge in [-0.3, -0.25) is 0 Å². The van der Waals surface area contributed by atoms with E-state index in [0.29, 0.717) is 13.0 Å². The van der Waals surface area contributed by atoms with Crippen LogP contribution >= 0.6 is 0 Å². The molecule has 0 amide bonds. The van der Waals surface area contributed by atoms with E-state index in [1.165, 1.54) is 12.8 Å². The molecule has 0 unspecified atom stereocenters. The zero-order valence-electron chi connectivity index (χ0n) is 10.1. The molecule has 0 aliphatic carbocycles. The molecule has 0 atom stereocenters.